The molecule has 9 nitrogen and oxygen atoms in total. The number of ether oxygens (including phenoxy) is 3. The number of fused-ring (bicyclic) bond motifs is 1. The molecule has 1 atom stereocenters. The van der Waals surface area contributed by atoms with Gasteiger partial charge in [0.15, 0.2) is 11.5 Å². The molecule has 43 heavy (non-hydrogen) atoms. The third kappa shape index (κ3) is 8.28. The quantitative estimate of drug-likeness (QED) is 0.316. The zero-order valence-corrected chi connectivity index (χ0v) is 25.6. The van der Waals surface area contributed by atoms with E-state index >= 15 is 0 Å². The molecule has 1 aliphatic rings. The van der Waals surface area contributed by atoms with Crippen molar-refractivity contribution < 1.29 is 28.6 Å². The van der Waals surface area contributed by atoms with Crippen molar-refractivity contribution in [2.24, 2.45) is 5.73 Å². The third-order valence-electron chi connectivity index (χ3n) is 7.14. The summed E-state index contributed by atoms with van der Waals surface area (Å²) in [6.07, 6.45) is 0.618. The first-order valence-corrected chi connectivity index (χ1v) is 14.5. The molecular weight excluding hydrogens is 546 g/mol. The smallest absolute Gasteiger partial charge is 0.410 e. The number of hydrogen-bond donors (Lipinski definition) is 1. The number of rotatable bonds is 11. The van der Waals surface area contributed by atoms with Gasteiger partial charge in [-0.25, -0.2) is 4.79 Å². The predicted octanol–water partition coefficient (Wildman–Crippen LogP) is 5.52. The number of hydrogen-bond acceptors (Lipinski definition) is 6. The topological polar surface area (TPSA) is 111 Å². The zero-order valence-electron chi connectivity index (χ0n) is 25.6. The minimum atomic E-state index is -0.684. The Labute approximate surface area is 253 Å². The summed E-state index contributed by atoms with van der Waals surface area (Å²) in [7, 11) is 0. The van der Waals surface area contributed by atoms with Gasteiger partial charge in [-0.2, -0.15) is 0 Å². The van der Waals surface area contributed by atoms with E-state index in [-0.39, 0.29) is 25.1 Å². The molecule has 0 spiro atoms. The van der Waals surface area contributed by atoms with Crippen molar-refractivity contribution in [3.05, 3.63) is 89.0 Å². The van der Waals surface area contributed by atoms with Crippen LogP contribution in [-0.2, 0) is 29.0 Å². The third-order valence-corrected chi connectivity index (χ3v) is 7.14. The van der Waals surface area contributed by atoms with Crippen LogP contribution in [0.3, 0.4) is 0 Å². The van der Waals surface area contributed by atoms with Gasteiger partial charge in [-0.15, -0.1) is 0 Å². The van der Waals surface area contributed by atoms with Crippen molar-refractivity contribution in [2.75, 3.05) is 24.6 Å². The van der Waals surface area contributed by atoms with E-state index in [1.54, 1.807) is 15.9 Å². The van der Waals surface area contributed by atoms with Crippen molar-refractivity contribution in [1.29, 1.82) is 0 Å². The van der Waals surface area contributed by atoms with Crippen LogP contribution in [0.5, 0.6) is 11.5 Å². The number of nitrogens with two attached hydrogens (primary N) is 1. The molecule has 0 saturated carbocycles. The van der Waals surface area contributed by atoms with Crippen LogP contribution in [0.2, 0.25) is 0 Å². The van der Waals surface area contributed by atoms with Crippen molar-refractivity contribution in [2.45, 2.75) is 65.7 Å². The van der Waals surface area contributed by atoms with Crippen LogP contribution in [0.15, 0.2) is 66.7 Å². The average molecular weight is 588 g/mol. The molecule has 0 saturated heterocycles. The number of nitrogens with zero attached hydrogens (tertiary/aromatic N) is 2. The van der Waals surface area contributed by atoms with E-state index in [4.69, 9.17) is 19.9 Å². The van der Waals surface area contributed by atoms with E-state index in [1.165, 1.54) is 6.92 Å². The molecule has 0 fully saturated rings. The van der Waals surface area contributed by atoms with E-state index in [0.717, 1.165) is 16.7 Å². The van der Waals surface area contributed by atoms with Gasteiger partial charge in [-0.3, -0.25) is 9.59 Å². The monoisotopic (exact) mass is 587 g/mol. The Kier molecular flexibility index (Phi) is 9.95. The highest BCUT2D eigenvalue weighted by Gasteiger charge is 2.30. The normalized spacial score (nSPS) is 13.2. The van der Waals surface area contributed by atoms with Gasteiger partial charge in [0.25, 0.3) is 5.91 Å². The second kappa shape index (κ2) is 13.6. The average Bonchev–Trinajstić information content (AvgIpc) is 3.38. The van der Waals surface area contributed by atoms with Gasteiger partial charge in [-0.1, -0.05) is 48.5 Å². The Morgan fingerprint density at radius 2 is 1.60 bits per heavy atom. The standard InChI is InChI=1S/C34H41N3O6/c1-23(19-26-20-27-15-16-37(24(2)38)31(27)28(21-26)32(35)39)36(33(40)43-34(3,4)5)17-18-41-29-13-9-10-14-30(29)42-22-25-11-7-6-8-12-25/h6-14,20-21,23H,15-19,22H2,1-5H3,(H2,35,39). The van der Waals surface area contributed by atoms with Crippen molar-refractivity contribution in [3.8, 4) is 11.5 Å². The number of primary amides is 1. The minimum Gasteiger partial charge on any atom is -0.488 e. The molecule has 1 aliphatic heterocycles. The first-order chi connectivity index (χ1) is 20.4. The zero-order chi connectivity index (χ0) is 31.1. The maximum atomic E-state index is 13.3. The maximum absolute atomic E-state index is 13.3. The lowest BCUT2D eigenvalue weighted by molar-refractivity contribution is -0.116. The largest absolute Gasteiger partial charge is 0.488 e. The molecule has 4 rings (SSSR count). The summed E-state index contributed by atoms with van der Waals surface area (Å²) in [6, 6.07) is 20.7. The van der Waals surface area contributed by atoms with E-state index in [0.29, 0.717) is 48.7 Å². The fraction of sp³-hybridized carbons (Fsp3) is 0.382. The molecule has 228 valence electrons. The van der Waals surface area contributed by atoms with E-state index < -0.39 is 17.6 Å². The Morgan fingerprint density at radius 1 is 0.953 bits per heavy atom. The number of benzene rings is 3. The Morgan fingerprint density at radius 3 is 2.23 bits per heavy atom. The van der Waals surface area contributed by atoms with Crippen LogP contribution in [0, 0.1) is 0 Å². The first-order valence-electron chi connectivity index (χ1n) is 14.5. The highest BCUT2D eigenvalue weighted by atomic mass is 16.6. The molecule has 9 heteroatoms. The highest BCUT2D eigenvalue weighted by molar-refractivity contribution is 6.05. The lowest BCUT2D eigenvalue weighted by atomic mass is 9.97. The van der Waals surface area contributed by atoms with Crippen LogP contribution in [-0.4, -0.2) is 54.1 Å². The second-order valence-corrected chi connectivity index (χ2v) is 11.7. The SMILES string of the molecule is CC(=O)N1CCc2cc(CC(C)N(CCOc3ccccc3OCc3ccccc3)C(=O)OC(C)(C)C)cc(C(N)=O)c21. The summed E-state index contributed by atoms with van der Waals surface area (Å²) < 4.78 is 17.9. The number of anilines is 1. The van der Waals surface area contributed by atoms with Crippen LogP contribution >= 0.6 is 0 Å². The summed E-state index contributed by atoms with van der Waals surface area (Å²) in [5.74, 6) is 0.463. The fourth-order valence-corrected chi connectivity index (χ4v) is 5.18. The lowest BCUT2D eigenvalue weighted by Crippen LogP contribution is -2.45. The van der Waals surface area contributed by atoms with E-state index in [9.17, 15) is 14.4 Å². The van der Waals surface area contributed by atoms with Gasteiger partial charge in [0.2, 0.25) is 5.91 Å². The second-order valence-electron chi connectivity index (χ2n) is 11.7. The van der Waals surface area contributed by atoms with Crippen LogP contribution in [0.25, 0.3) is 0 Å². The molecule has 0 radical (unpaired) electrons. The molecule has 3 aromatic rings. The summed E-state index contributed by atoms with van der Waals surface area (Å²) in [4.78, 5) is 41.1. The molecular formula is C34H41N3O6. The van der Waals surface area contributed by atoms with Gasteiger partial charge < -0.3 is 29.7 Å². The van der Waals surface area contributed by atoms with Crippen LogP contribution in [0.1, 0.15) is 61.7 Å². The Bertz CT molecular complexity index is 1450. The van der Waals surface area contributed by atoms with E-state index in [2.05, 4.69) is 0 Å². The van der Waals surface area contributed by atoms with Gasteiger partial charge >= 0.3 is 6.09 Å². The summed E-state index contributed by atoms with van der Waals surface area (Å²) >= 11 is 0. The summed E-state index contributed by atoms with van der Waals surface area (Å²) in [6.45, 7) is 10.3. The minimum absolute atomic E-state index is 0.134. The highest BCUT2D eigenvalue weighted by Crippen LogP contribution is 2.34. The number of carbonyl (C=O) groups excluding carboxylic acids is 3. The number of amides is 3. The van der Waals surface area contributed by atoms with Crippen molar-refractivity contribution in [1.82, 2.24) is 4.90 Å². The molecule has 3 amide bonds. The van der Waals surface area contributed by atoms with Crippen LogP contribution < -0.4 is 20.1 Å². The number of para-hydroxylation sites is 2. The van der Waals surface area contributed by atoms with Gasteiger partial charge in [0.05, 0.1) is 17.8 Å². The van der Waals surface area contributed by atoms with Gasteiger partial charge in [0.1, 0.15) is 18.8 Å². The molecule has 1 unspecified atom stereocenters. The van der Waals surface area contributed by atoms with E-state index in [1.807, 2.05) is 88.4 Å². The lowest BCUT2D eigenvalue weighted by Gasteiger charge is -2.32. The van der Waals surface area contributed by atoms with Crippen LogP contribution in [0.4, 0.5) is 10.5 Å². The fourth-order valence-electron chi connectivity index (χ4n) is 5.18. The molecule has 0 aromatic heterocycles. The van der Waals surface area contributed by atoms with Gasteiger partial charge in [0, 0.05) is 19.5 Å². The summed E-state index contributed by atoms with van der Waals surface area (Å²) in [5, 5.41) is 0. The maximum Gasteiger partial charge on any atom is 0.410 e. The Hall–Kier alpha value is -4.53. The summed E-state index contributed by atoms with van der Waals surface area (Å²) in [5.41, 5.74) is 8.73. The van der Waals surface area contributed by atoms with Crippen molar-refractivity contribution >= 4 is 23.6 Å². The molecule has 0 bridgehead atoms. The molecule has 3 aromatic carbocycles. The van der Waals surface area contributed by atoms with Crippen molar-refractivity contribution in [3.63, 3.8) is 0 Å². The first kappa shape index (κ1) is 31.4. The number of carbonyl (C=O) groups is 3. The Balaban J connectivity index is 1.49. The molecule has 1 heterocycles. The predicted molar refractivity (Wildman–Crippen MR) is 166 cm³/mol. The molecule has 2 N–H and O–H groups in total. The molecule has 0 aliphatic carbocycles. The van der Waals surface area contributed by atoms with Gasteiger partial charge in [-0.05, 0) is 75.4 Å².